The molecule has 0 radical (unpaired) electrons. The molecule has 0 fully saturated rings. The van der Waals surface area contributed by atoms with E-state index in [0.717, 1.165) is 29.8 Å². The molecule has 0 saturated heterocycles. The van der Waals surface area contributed by atoms with Crippen molar-refractivity contribution >= 4 is 17.0 Å². The first-order chi connectivity index (χ1) is 15.2. The zero-order valence-corrected chi connectivity index (χ0v) is 18.3. The summed E-state index contributed by atoms with van der Waals surface area (Å²) < 4.78 is 7.47. The molecule has 6 heteroatoms. The van der Waals surface area contributed by atoms with Gasteiger partial charge in [0.15, 0.2) is 0 Å². The molecule has 1 aromatic carbocycles. The smallest absolute Gasteiger partial charge is 0.254 e. The van der Waals surface area contributed by atoms with Crippen LogP contribution in [0.15, 0.2) is 83.4 Å². The first kappa shape index (κ1) is 20.9. The van der Waals surface area contributed by atoms with Crippen LogP contribution in [0.5, 0.6) is 5.75 Å². The summed E-state index contributed by atoms with van der Waals surface area (Å²) in [5.74, 6) is 0.613. The highest BCUT2D eigenvalue weighted by molar-refractivity contribution is 7.09. The zero-order valence-electron chi connectivity index (χ0n) is 17.5. The van der Waals surface area contributed by atoms with Crippen molar-refractivity contribution < 1.29 is 4.74 Å². The summed E-state index contributed by atoms with van der Waals surface area (Å²) in [6.45, 7) is 3.89. The van der Waals surface area contributed by atoms with E-state index in [0.29, 0.717) is 18.9 Å². The molecule has 0 aliphatic carbocycles. The number of hydrogen-bond donors (Lipinski definition) is 1. The van der Waals surface area contributed by atoms with Gasteiger partial charge in [-0.1, -0.05) is 18.2 Å². The molecule has 1 N–H and O–H groups in total. The van der Waals surface area contributed by atoms with Gasteiger partial charge in [-0.25, -0.2) is 0 Å². The standard InChI is InChI=1S/C25H25N3O2S/c1-19-21(4-2-6-24(19)27-17-20-7-11-26-12-8-20)18-28-13-9-22(16-25(28)29)30-14-10-23-5-3-15-31-23/h2-9,11-13,15-16,27H,10,14,17-18H2,1H3. The van der Waals surface area contributed by atoms with E-state index in [9.17, 15) is 4.79 Å². The van der Waals surface area contributed by atoms with Crippen LogP contribution in [-0.4, -0.2) is 16.2 Å². The van der Waals surface area contributed by atoms with Crippen LogP contribution >= 0.6 is 11.3 Å². The molecule has 158 valence electrons. The van der Waals surface area contributed by atoms with Crippen molar-refractivity contribution in [3.8, 4) is 5.75 Å². The molecule has 0 spiro atoms. The predicted octanol–water partition coefficient (Wildman–Crippen LogP) is 4.90. The third-order valence-electron chi connectivity index (χ3n) is 5.18. The van der Waals surface area contributed by atoms with Crippen molar-refractivity contribution in [1.82, 2.24) is 9.55 Å². The van der Waals surface area contributed by atoms with Gasteiger partial charge in [0.2, 0.25) is 0 Å². The fourth-order valence-corrected chi connectivity index (χ4v) is 4.05. The molecule has 0 atom stereocenters. The van der Waals surface area contributed by atoms with Crippen LogP contribution in [0.2, 0.25) is 0 Å². The quantitative estimate of drug-likeness (QED) is 0.410. The predicted molar refractivity (Wildman–Crippen MR) is 126 cm³/mol. The highest BCUT2D eigenvalue weighted by Crippen LogP contribution is 2.21. The second kappa shape index (κ2) is 10.1. The van der Waals surface area contributed by atoms with Gasteiger partial charge in [-0.3, -0.25) is 9.78 Å². The van der Waals surface area contributed by atoms with Gasteiger partial charge in [0.1, 0.15) is 5.75 Å². The van der Waals surface area contributed by atoms with E-state index in [2.05, 4.69) is 40.8 Å². The van der Waals surface area contributed by atoms with Crippen molar-refractivity contribution in [2.45, 2.75) is 26.4 Å². The molecule has 0 aliphatic rings. The Hall–Kier alpha value is -3.38. The number of pyridine rings is 2. The van der Waals surface area contributed by atoms with E-state index in [-0.39, 0.29) is 5.56 Å². The summed E-state index contributed by atoms with van der Waals surface area (Å²) in [5, 5.41) is 5.54. The first-order valence-electron chi connectivity index (χ1n) is 10.3. The minimum absolute atomic E-state index is 0.0665. The van der Waals surface area contributed by atoms with Gasteiger partial charge >= 0.3 is 0 Å². The number of benzene rings is 1. The minimum Gasteiger partial charge on any atom is -0.493 e. The average molecular weight is 432 g/mol. The molecule has 4 aromatic rings. The number of ether oxygens (including phenoxy) is 1. The van der Waals surface area contributed by atoms with Crippen LogP contribution in [0.25, 0.3) is 0 Å². The highest BCUT2D eigenvalue weighted by Gasteiger charge is 2.07. The largest absolute Gasteiger partial charge is 0.493 e. The maximum absolute atomic E-state index is 12.6. The summed E-state index contributed by atoms with van der Waals surface area (Å²) in [7, 11) is 0. The van der Waals surface area contributed by atoms with Crippen LogP contribution in [-0.2, 0) is 19.5 Å². The van der Waals surface area contributed by atoms with Crippen molar-refractivity contribution in [1.29, 1.82) is 0 Å². The number of hydrogen-bond acceptors (Lipinski definition) is 5. The van der Waals surface area contributed by atoms with Crippen molar-refractivity contribution in [3.63, 3.8) is 0 Å². The summed E-state index contributed by atoms with van der Waals surface area (Å²) in [5.41, 5.74) is 4.41. The Morgan fingerprint density at radius 2 is 1.97 bits per heavy atom. The van der Waals surface area contributed by atoms with E-state index >= 15 is 0 Å². The molecular weight excluding hydrogens is 406 g/mol. The van der Waals surface area contributed by atoms with Crippen LogP contribution in [0.1, 0.15) is 21.6 Å². The number of aromatic nitrogens is 2. The molecule has 0 saturated carbocycles. The number of nitrogens with zero attached hydrogens (tertiary/aromatic N) is 2. The lowest BCUT2D eigenvalue weighted by atomic mass is 10.1. The third kappa shape index (κ3) is 5.61. The normalized spacial score (nSPS) is 10.7. The fourth-order valence-electron chi connectivity index (χ4n) is 3.36. The maximum Gasteiger partial charge on any atom is 0.254 e. The zero-order chi connectivity index (χ0) is 21.5. The van der Waals surface area contributed by atoms with Crippen LogP contribution < -0.4 is 15.6 Å². The SMILES string of the molecule is Cc1c(Cn2ccc(OCCc3cccs3)cc2=O)cccc1NCc1ccncc1. The van der Waals surface area contributed by atoms with E-state index < -0.39 is 0 Å². The van der Waals surface area contributed by atoms with Gasteiger partial charge in [-0.15, -0.1) is 11.3 Å². The summed E-state index contributed by atoms with van der Waals surface area (Å²) in [4.78, 5) is 17.9. The molecular formula is C25H25N3O2S. The molecule has 0 bridgehead atoms. The molecule has 5 nitrogen and oxygen atoms in total. The number of anilines is 1. The van der Waals surface area contributed by atoms with Gasteiger partial charge in [-0.05, 0) is 59.3 Å². The monoisotopic (exact) mass is 431 g/mol. The molecule has 31 heavy (non-hydrogen) atoms. The molecule has 3 aromatic heterocycles. The average Bonchev–Trinajstić information content (AvgIpc) is 3.30. The fraction of sp³-hybridized carbons (Fsp3) is 0.200. The lowest BCUT2D eigenvalue weighted by Gasteiger charge is -2.15. The van der Waals surface area contributed by atoms with Crippen molar-refractivity contribution in [3.05, 3.63) is 110 Å². The molecule has 3 heterocycles. The van der Waals surface area contributed by atoms with Gasteiger partial charge in [0, 0.05) is 48.2 Å². The molecule has 4 rings (SSSR count). The Morgan fingerprint density at radius 1 is 1.10 bits per heavy atom. The minimum atomic E-state index is -0.0665. The summed E-state index contributed by atoms with van der Waals surface area (Å²) in [6.07, 6.45) is 6.24. The van der Waals surface area contributed by atoms with E-state index in [1.165, 1.54) is 10.4 Å². The van der Waals surface area contributed by atoms with Crippen LogP contribution in [0, 0.1) is 6.92 Å². The Bertz CT molecular complexity index is 1170. The van der Waals surface area contributed by atoms with Crippen LogP contribution in [0.4, 0.5) is 5.69 Å². The Labute approximate surface area is 186 Å². The Morgan fingerprint density at radius 3 is 2.74 bits per heavy atom. The topological polar surface area (TPSA) is 56.1 Å². The second-order valence-corrected chi connectivity index (χ2v) is 8.34. The first-order valence-corrected chi connectivity index (χ1v) is 11.1. The van der Waals surface area contributed by atoms with Gasteiger partial charge in [0.05, 0.1) is 13.2 Å². The number of thiophene rings is 1. The molecule has 0 amide bonds. The Balaban J connectivity index is 1.39. The maximum atomic E-state index is 12.6. The number of nitrogens with one attached hydrogen (secondary N) is 1. The van der Waals surface area contributed by atoms with E-state index in [4.69, 9.17) is 4.74 Å². The second-order valence-electron chi connectivity index (χ2n) is 7.31. The van der Waals surface area contributed by atoms with Crippen LogP contribution in [0.3, 0.4) is 0 Å². The Kier molecular flexibility index (Phi) is 6.79. The van der Waals surface area contributed by atoms with Gasteiger partial charge < -0.3 is 14.6 Å². The van der Waals surface area contributed by atoms with Gasteiger partial charge in [-0.2, -0.15) is 0 Å². The number of rotatable bonds is 9. The molecule has 0 unspecified atom stereocenters. The van der Waals surface area contributed by atoms with Crippen molar-refractivity contribution in [2.24, 2.45) is 0 Å². The lowest BCUT2D eigenvalue weighted by molar-refractivity contribution is 0.321. The summed E-state index contributed by atoms with van der Waals surface area (Å²) >= 11 is 1.72. The third-order valence-corrected chi connectivity index (χ3v) is 6.12. The lowest BCUT2D eigenvalue weighted by Crippen LogP contribution is -2.20. The highest BCUT2D eigenvalue weighted by atomic mass is 32.1. The molecule has 0 aliphatic heterocycles. The van der Waals surface area contributed by atoms with Crippen molar-refractivity contribution in [2.75, 3.05) is 11.9 Å². The summed E-state index contributed by atoms with van der Waals surface area (Å²) in [6, 6.07) is 17.7. The van der Waals surface area contributed by atoms with E-state index in [1.807, 2.05) is 30.3 Å². The van der Waals surface area contributed by atoms with E-state index in [1.54, 1.807) is 40.6 Å². The van der Waals surface area contributed by atoms with Gasteiger partial charge in [0.25, 0.3) is 5.56 Å².